The molecule has 164 valence electrons. The summed E-state index contributed by atoms with van der Waals surface area (Å²) >= 11 is 0. The molecule has 4 heterocycles. The van der Waals surface area contributed by atoms with E-state index in [1.54, 1.807) is 24.5 Å². The number of halogens is 1. The topological polar surface area (TPSA) is 80.2 Å². The van der Waals surface area contributed by atoms with E-state index in [2.05, 4.69) is 10.3 Å². The van der Waals surface area contributed by atoms with Crippen molar-refractivity contribution >= 4 is 17.4 Å². The molecule has 0 unspecified atom stereocenters. The Morgan fingerprint density at radius 2 is 1.97 bits per heavy atom. The minimum Gasteiger partial charge on any atom is -0.368 e. The van der Waals surface area contributed by atoms with Crippen molar-refractivity contribution in [3.63, 3.8) is 0 Å². The van der Waals surface area contributed by atoms with Crippen molar-refractivity contribution in [2.24, 2.45) is 0 Å². The van der Waals surface area contributed by atoms with Crippen LogP contribution in [0.5, 0.6) is 0 Å². The van der Waals surface area contributed by atoms with Crippen molar-refractivity contribution in [1.82, 2.24) is 19.9 Å². The lowest BCUT2D eigenvalue weighted by Gasteiger charge is -2.26. The summed E-state index contributed by atoms with van der Waals surface area (Å²) in [4.78, 5) is 28.6. The molecule has 1 amide bonds. The molecule has 3 aromatic rings. The number of likely N-dealkylation sites (tertiary alicyclic amines) is 1. The average molecular weight is 433 g/mol. The number of carbonyl (C=O) groups is 1. The van der Waals surface area contributed by atoms with E-state index >= 15 is 0 Å². The second-order valence-corrected chi connectivity index (χ2v) is 8.06. The number of nitrogens with one attached hydrogen (secondary N) is 1. The van der Waals surface area contributed by atoms with Crippen LogP contribution in [0.1, 0.15) is 37.5 Å². The Balaban J connectivity index is 1.51. The molecule has 2 saturated heterocycles. The zero-order valence-corrected chi connectivity index (χ0v) is 17.6. The summed E-state index contributed by atoms with van der Waals surface area (Å²) in [6.07, 6.45) is 6.39. The minimum absolute atomic E-state index is 0.0163. The van der Waals surface area contributed by atoms with Crippen molar-refractivity contribution in [3.8, 4) is 11.3 Å². The Morgan fingerprint density at radius 1 is 1.09 bits per heavy atom. The van der Waals surface area contributed by atoms with Crippen molar-refractivity contribution in [3.05, 3.63) is 66.5 Å². The Hall–Kier alpha value is -3.39. The molecular formula is C24H24FN5O2. The van der Waals surface area contributed by atoms with Gasteiger partial charge in [-0.15, -0.1) is 0 Å². The molecule has 7 nitrogen and oxygen atoms in total. The van der Waals surface area contributed by atoms with Gasteiger partial charge in [-0.3, -0.25) is 9.78 Å². The SMILES string of the molecule is O=C([C@@H]1CCCO1)N1CCC[C@H]1c1nc(Nc2cccc(F)c2)cc(-c2ccncc2)n1. The molecule has 8 heteroatoms. The molecule has 2 aliphatic heterocycles. The van der Waals surface area contributed by atoms with Crippen molar-refractivity contribution in [1.29, 1.82) is 0 Å². The van der Waals surface area contributed by atoms with E-state index in [1.807, 2.05) is 23.1 Å². The van der Waals surface area contributed by atoms with Gasteiger partial charge in [0.15, 0.2) is 5.82 Å². The Labute approximate surface area is 185 Å². The van der Waals surface area contributed by atoms with Crippen LogP contribution in [-0.2, 0) is 9.53 Å². The summed E-state index contributed by atoms with van der Waals surface area (Å²) in [7, 11) is 0. The zero-order valence-electron chi connectivity index (χ0n) is 17.6. The zero-order chi connectivity index (χ0) is 21.9. The molecule has 32 heavy (non-hydrogen) atoms. The molecule has 0 spiro atoms. The monoisotopic (exact) mass is 433 g/mol. The highest BCUT2D eigenvalue weighted by molar-refractivity contribution is 5.82. The van der Waals surface area contributed by atoms with E-state index in [-0.39, 0.29) is 23.9 Å². The van der Waals surface area contributed by atoms with Crippen molar-refractivity contribution in [2.45, 2.75) is 37.8 Å². The number of aromatic nitrogens is 3. The number of nitrogens with zero attached hydrogens (tertiary/aromatic N) is 4. The van der Waals surface area contributed by atoms with Crippen LogP contribution in [0.25, 0.3) is 11.3 Å². The van der Waals surface area contributed by atoms with Gasteiger partial charge in [0, 0.05) is 42.9 Å². The third kappa shape index (κ3) is 4.31. The van der Waals surface area contributed by atoms with Crippen LogP contribution < -0.4 is 5.32 Å². The number of pyridine rings is 1. The lowest BCUT2D eigenvalue weighted by molar-refractivity contribution is -0.142. The van der Waals surface area contributed by atoms with Gasteiger partial charge in [0.05, 0.1) is 11.7 Å². The van der Waals surface area contributed by atoms with Gasteiger partial charge in [-0.05, 0) is 56.0 Å². The molecule has 0 aliphatic carbocycles. The van der Waals surface area contributed by atoms with Crippen LogP contribution >= 0.6 is 0 Å². The summed E-state index contributed by atoms with van der Waals surface area (Å²) < 4.78 is 19.3. The normalized spacial score (nSPS) is 20.5. The van der Waals surface area contributed by atoms with Gasteiger partial charge >= 0.3 is 0 Å². The van der Waals surface area contributed by atoms with Gasteiger partial charge in [-0.25, -0.2) is 14.4 Å². The Morgan fingerprint density at radius 3 is 2.75 bits per heavy atom. The van der Waals surface area contributed by atoms with Crippen LogP contribution in [-0.4, -0.2) is 45.0 Å². The first kappa shape index (κ1) is 20.5. The lowest BCUT2D eigenvalue weighted by Crippen LogP contribution is -2.39. The first-order chi connectivity index (χ1) is 15.7. The summed E-state index contributed by atoms with van der Waals surface area (Å²) in [6.45, 7) is 1.30. The number of ether oxygens (including phenoxy) is 1. The van der Waals surface area contributed by atoms with Gasteiger partial charge in [0.25, 0.3) is 5.91 Å². The van der Waals surface area contributed by atoms with E-state index in [4.69, 9.17) is 14.7 Å². The smallest absolute Gasteiger partial charge is 0.252 e. The standard InChI is InChI=1S/C24H24FN5O2/c25-17-4-1-5-18(14-17)27-22-15-19(16-8-10-26-11-9-16)28-23(29-22)20-6-2-12-30(20)24(31)21-7-3-13-32-21/h1,4-5,8-11,14-15,20-21H,2-3,6-7,12-13H2,(H,27,28,29)/t20-,21-/m0/s1. The highest BCUT2D eigenvalue weighted by atomic mass is 19.1. The summed E-state index contributed by atoms with van der Waals surface area (Å²) in [5, 5.41) is 3.18. The molecule has 2 atom stereocenters. The van der Waals surface area contributed by atoms with Crippen LogP contribution in [0.15, 0.2) is 54.9 Å². The third-order valence-corrected chi connectivity index (χ3v) is 5.86. The van der Waals surface area contributed by atoms with E-state index in [1.165, 1.54) is 12.1 Å². The van der Waals surface area contributed by atoms with Gasteiger partial charge in [0.1, 0.15) is 17.7 Å². The van der Waals surface area contributed by atoms with Crippen molar-refractivity contribution in [2.75, 3.05) is 18.5 Å². The van der Waals surface area contributed by atoms with E-state index in [9.17, 15) is 9.18 Å². The second kappa shape index (κ2) is 9.00. The molecule has 0 radical (unpaired) electrons. The van der Waals surface area contributed by atoms with Crippen LogP contribution in [0.4, 0.5) is 15.9 Å². The van der Waals surface area contributed by atoms with E-state index < -0.39 is 0 Å². The average Bonchev–Trinajstić information content (AvgIpc) is 3.52. The summed E-state index contributed by atoms with van der Waals surface area (Å²) in [5.41, 5.74) is 2.20. The molecule has 5 rings (SSSR count). The maximum Gasteiger partial charge on any atom is 0.252 e. The first-order valence-electron chi connectivity index (χ1n) is 10.9. The summed E-state index contributed by atoms with van der Waals surface area (Å²) in [6, 6.07) is 11.6. The number of carbonyl (C=O) groups excluding carboxylic acids is 1. The number of amides is 1. The van der Waals surface area contributed by atoms with Gasteiger partial charge in [-0.2, -0.15) is 0 Å². The molecular weight excluding hydrogens is 409 g/mol. The number of benzene rings is 1. The molecule has 2 fully saturated rings. The maximum absolute atomic E-state index is 13.7. The second-order valence-electron chi connectivity index (χ2n) is 8.06. The highest BCUT2D eigenvalue weighted by Crippen LogP contribution is 2.34. The number of hydrogen-bond acceptors (Lipinski definition) is 6. The summed E-state index contributed by atoms with van der Waals surface area (Å²) in [5.74, 6) is 0.802. The van der Waals surface area contributed by atoms with E-state index in [0.717, 1.165) is 31.2 Å². The highest BCUT2D eigenvalue weighted by Gasteiger charge is 2.37. The number of rotatable bonds is 5. The van der Waals surface area contributed by atoms with E-state index in [0.29, 0.717) is 36.2 Å². The van der Waals surface area contributed by atoms with Gasteiger partial charge in [0.2, 0.25) is 0 Å². The number of hydrogen-bond donors (Lipinski definition) is 1. The third-order valence-electron chi connectivity index (χ3n) is 5.86. The largest absolute Gasteiger partial charge is 0.368 e. The maximum atomic E-state index is 13.7. The number of anilines is 2. The predicted octanol–water partition coefficient (Wildman–Crippen LogP) is 4.26. The quantitative estimate of drug-likeness (QED) is 0.648. The fraction of sp³-hybridized carbons (Fsp3) is 0.333. The fourth-order valence-corrected chi connectivity index (χ4v) is 4.32. The first-order valence-corrected chi connectivity index (χ1v) is 10.9. The molecule has 2 aromatic heterocycles. The molecule has 1 N–H and O–H groups in total. The van der Waals surface area contributed by atoms with Crippen LogP contribution in [0.2, 0.25) is 0 Å². The lowest BCUT2D eigenvalue weighted by atomic mass is 10.1. The molecule has 0 saturated carbocycles. The molecule has 0 bridgehead atoms. The van der Waals surface area contributed by atoms with Crippen LogP contribution in [0.3, 0.4) is 0 Å². The fourth-order valence-electron chi connectivity index (χ4n) is 4.32. The molecule has 2 aliphatic rings. The van der Waals surface area contributed by atoms with Crippen molar-refractivity contribution < 1.29 is 13.9 Å². The molecule has 1 aromatic carbocycles. The predicted molar refractivity (Wildman–Crippen MR) is 118 cm³/mol. The van der Waals surface area contributed by atoms with Gasteiger partial charge in [-0.1, -0.05) is 6.07 Å². The van der Waals surface area contributed by atoms with Crippen LogP contribution in [0, 0.1) is 5.82 Å². The Kier molecular flexibility index (Phi) is 5.77. The minimum atomic E-state index is -0.371. The Bertz CT molecular complexity index is 1100. The van der Waals surface area contributed by atoms with Gasteiger partial charge < -0.3 is 15.0 Å².